The van der Waals surface area contributed by atoms with Crippen molar-refractivity contribution in [3.8, 4) is 0 Å². The van der Waals surface area contributed by atoms with Gasteiger partial charge in [0.05, 0.1) is 30.1 Å². The first-order chi connectivity index (χ1) is 11.7. The molecule has 130 valence electrons. The highest BCUT2D eigenvalue weighted by Crippen LogP contribution is 2.61. The summed E-state index contributed by atoms with van der Waals surface area (Å²) in [6, 6.07) is 0. The van der Waals surface area contributed by atoms with E-state index in [1.165, 1.54) is 6.20 Å². The van der Waals surface area contributed by atoms with Crippen molar-refractivity contribution in [3.05, 3.63) is 28.7 Å². The van der Waals surface area contributed by atoms with Crippen LogP contribution < -0.4 is 4.90 Å². The molecule has 7 heteroatoms. The molecule has 1 aromatic rings. The average Bonchev–Trinajstić information content (AvgIpc) is 3.05. The van der Waals surface area contributed by atoms with Crippen LogP contribution in [0.25, 0.3) is 4.85 Å². The molecule has 1 aromatic heterocycles. The fourth-order valence-electron chi connectivity index (χ4n) is 4.74. The number of pyridine rings is 1. The molecule has 2 bridgehead atoms. The van der Waals surface area contributed by atoms with E-state index in [1.54, 1.807) is 27.7 Å². The number of aliphatic hydroxyl groups excluding tert-OH is 1. The molecule has 25 heavy (non-hydrogen) atoms. The monoisotopic (exact) mass is 341 g/mol. The molecule has 7 nitrogen and oxygen atoms in total. The Morgan fingerprint density at radius 2 is 1.92 bits per heavy atom. The Hall–Kier alpha value is -2.30. The number of hydrogen-bond donors (Lipinski definition) is 1. The van der Waals surface area contributed by atoms with Gasteiger partial charge in [0.2, 0.25) is 17.5 Å². The molecule has 4 heterocycles. The van der Waals surface area contributed by atoms with Gasteiger partial charge in [-0.25, -0.2) is 14.7 Å². The van der Waals surface area contributed by atoms with Crippen molar-refractivity contribution in [2.24, 2.45) is 11.8 Å². The topological polar surface area (TPSA) is 84.1 Å². The lowest BCUT2D eigenvalue weighted by molar-refractivity contribution is -0.132. The van der Waals surface area contributed by atoms with Crippen molar-refractivity contribution in [2.75, 3.05) is 4.90 Å². The Kier molecular flexibility index (Phi) is 3.01. The zero-order valence-electron chi connectivity index (χ0n) is 14.5. The van der Waals surface area contributed by atoms with E-state index in [9.17, 15) is 14.7 Å². The zero-order valence-corrected chi connectivity index (χ0v) is 14.5. The number of aromatic nitrogens is 1. The highest BCUT2D eigenvalue weighted by atomic mass is 16.6. The first-order valence-electron chi connectivity index (χ1n) is 8.25. The molecule has 0 aliphatic carbocycles. The molecule has 0 saturated carbocycles. The number of fused-ring (bicyclic) bond motifs is 5. The molecule has 0 spiro atoms. The first-order valence-corrected chi connectivity index (χ1v) is 8.25. The molecule has 0 radical (unpaired) electrons. The van der Waals surface area contributed by atoms with Crippen LogP contribution in [-0.2, 0) is 14.3 Å². The summed E-state index contributed by atoms with van der Waals surface area (Å²) in [6.45, 7) is 14.2. The predicted molar refractivity (Wildman–Crippen MR) is 88.0 cm³/mol. The maximum atomic E-state index is 13.1. The Labute approximate surface area is 145 Å². The van der Waals surface area contributed by atoms with E-state index >= 15 is 0 Å². The Morgan fingerprint density at radius 3 is 2.56 bits per heavy atom. The molecule has 1 N–H and O–H groups in total. The number of carbonyl (C=O) groups is 2. The van der Waals surface area contributed by atoms with Crippen LogP contribution in [0.2, 0.25) is 0 Å². The second kappa shape index (κ2) is 4.65. The summed E-state index contributed by atoms with van der Waals surface area (Å²) in [5.41, 5.74) is -0.160. The maximum absolute atomic E-state index is 13.1. The van der Waals surface area contributed by atoms with E-state index in [2.05, 4.69) is 9.83 Å². The number of hydrogen-bond acceptors (Lipinski definition) is 5. The van der Waals surface area contributed by atoms with Crippen molar-refractivity contribution in [1.29, 1.82) is 0 Å². The van der Waals surface area contributed by atoms with Crippen molar-refractivity contribution >= 4 is 23.3 Å². The molecule has 3 saturated heterocycles. The van der Waals surface area contributed by atoms with E-state index in [0.717, 1.165) is 4.90 Å². The molecular weight excluding hydrogens is 322 g/mol. The Morgan fingerprint density at radius 1 is 1.28 bits per heavy atom. The molecule has 3 aliphatic rings. The van der Waals surface area contributed by atoms with Crippen LogP contribution in [0.5, 0.6) is 0 Å². The number of amides is 2. The van der Waals surface area contributed by atoms with Gasteiger partial charge in [0.15, 0.2) is 0 Å². The van der Waals surface area contributed by atoms with Gasteiger partial charge in [-0.2, -0.15) is 0 Å². The van der Waals surface area contributed by atoms with Crippen molar-refractivity contribution in [1.82, 2.24) is 4.98 Å². The number of carbonyl (C=O) groups excluding carboxylic acids is 2. The lowest BCUT2D eigenvalue weighted by Crippen LogP contribution is -2.49. The minimum atomic E-state index is -1.06. The molecule has 2 unspecified atom stereocenters. The second-order valence-electron chi connectivity index (χ2n) is 7.61. The third-order valence-corrected chi connectivity index (χ3v) is 6.22. The smallest absolute Gasteiger partial charge is 0.242 e. The lowest BCUT2D eigenvalue weighted by Gasteiger charge is -2.31. The fraction of sp³-hybridized carbons (Fsp3) is 0.556. The number of ether oxygens (including phenoxy) is 1. The average molecular weight is 341 g/mol. The number of rotatable bonds is 1. The lowest BCUT2D eigenvalue weighted by atomic mass is 9.67. The van der Waals surface area contributed by atoms with Gasteiger partial charge in [-0.15, -0.1) is 0 Å². The van der Waals surface area contributed by atoms with Crippen molar-refractivity contribution in [2.45, 2.75) is 51.4 Å². The number of nitrogens with zero attached hydrogens (tertiary/aromatic N) is 3. The SMILES string of the molecule is [C-]#[N+]c1cnc(N2C(=O)[C@@H]3[C@H](C2=O)C2(C)C[C@H](O)C3(C)O2)c(C)c1C. The van der Waals surface area contributed by atoms with Gasteiger partial charge in [0, 0.05) is 12.6 Å². The normalized spacial score (nSPS) is 39.0. The third-order valence-electron chi connectivity index (χ3n) is 6.22. The van der Waals surface area contributed by atoms with Crippen LogP contribution in [0, 0.1) is 32.3 Å². The zero-order chi connectivity index (χ0) is 18.3. The van der Waals surface area contributed by atoms with Gasteiger partial charge < -0.3 is 9.84 Å². The summed E-state index contributed by atoms with van der Waals surface area (Å²) in [5, 5.41) is 10.4. The van der Waals surface area contributed by atoms with Crippen LogP contribution in [-0.4, -0.2) is 39.2 Å². The second-order valence-corrected chi connectivity index (χ2v) is 7.61. The van der Waals surface area contributed by atoms with Crippen LogP contribution >= 0.6 is 0 Å². The Bertz CT molecular complexity index is 876. The maximum Gasteiger partial charge on any atom is 0.242 e. The van der Waals surface area contributed by atoms with Gasteiger partial charge in [-0.1, -0.05) is 0 Å². The highest BCUT2D eigenvalue weighted by Gasteiger charge is 2.75. The molecule has 5 atom stereocenters. The highest BCUT2D eigenvalue weighted by molar-refractivity contribution is 6.23. The summed E-state index contributed by atoms with van der Waals surface area (Å²) >= 11 is 0. The fourth-order valence-corrected chi connectivity index (χ4v) is 4.74. The van der Waals surface area contributed by atoms with E-state index < -0.39 is 29.1 Å². The summed E-state index contributed by atoms with van der Waals surface area (Å²) in [7, 11) is 0. The number of imide groups is 1. The third kappa shape index (κ3) is 1.73. The minimum absolute atomic E-state index is 0.274. The minimum Gasteiger partial charge on any atom is -0.390 e. The van der Waals surface area contributed by atoms with Gasteiger partial charge in [0.25, 0.3) is 0 Å². The van der Waals surface area contributed by atoms with E-state index in [-0.39, 0.29) is 17.6 Å². The van der Waals surface area contributed by atoms with E-state index in [0.29, 0.717) is 23.2 Å². The van der Waals surface area contributed by atoms with Crippen molar-refractivity contribution in [3.63, 3.8) is 0 Å². The van der Waals surface area contributed by atoms with Crippen LogP contribution in [0.1, 0.15) is 31.4 Å². The summed E-state index contributed by atoms with van der Waals surface area (Å²) in [4.78, 5) is 35.0. The number of aliphatic hydroxyl groups is 1. The molecule has 3 aliphatic heterocycles. The molecule has 3 fully saturated rings. The van der Waals surface area contributed by atoms with E-state index in [1.807, 2.05) is 0 Å². The predicted octanol–water partition coefficient (Wildman–Crippen LogP) is 1.67. The summed E-state index contributed by atoms with van der Waals surface area (Å²) < 4.78 is 5.96. The first kappa shape index (κ1) is 16.2. The summed E-state index contributed by atoms with van der Waals surface area (Å²) in [5.74, 6) is -1.77. The Balaban J connectivity index is 1.84. The molecular formula is C18H19N3O4. The van der Waals surface area contributed by atoms with Gasteiger partial charge >= 0.3 is 0 Å². The number of anilines is 1. The standard InChI is InChI=1S/C18H19N3O4/c1-8-9(2)14(20-7-10(8)19-5)21-15(23)12-13(16(21)24)18(4)11(22)6-17(12,3)25-18/h7,11-13,22H,6H2,1-4H3/t11-,12+,13-,17?,18?/m0/s1. The molecule has 2 amide bonds. The van der Waals surface area contributed by atoms with Crippen LogP contribution in [0.4, 0.5) is 11.5 Å². The van der Waals surface area contributed by atoms with Crippen molar-refractivity contribution < 1.29 is 19.4 Å². The van der Waals surface area contributed by atoms with Crippen LogP contribution in [0.15, 0.2) is 6.20 Å². The summed E-state index contributed by atoms with van der Waals surface area (Å²) in [6.07, 6.45) is 0.943. The quantitative estimate of drug-likeness (QED) is 0.620. The largest absolute Gasteiger partial charge is 0.390 e. The van der Waals surface area contributed by atoms with Crippen LogP contribution in [0.3, 0.4) is 0 Å². The van der Waals surface area contributed by atoms with E-state index in [4.69, 9.17) is 11.3 Å². The van der Waals surface area contributed by atoms with Gasteiger partial charge in [-0.05, 0) is 38.8 Å². The van der Waals surface area contributed by atoms with Gasteiger partial charge in [0.1, 0.15) is 11.4 Å². The molecule has 4 rings (SSSR count). The molecule has 0 aromatic carbocycles. The van der Waals surface area contributed by atoms with Gasteiger partial charge in [-0.3, -0.25) is 9.59 Å².